The van der Waals surface area contributed by atoms with Crippen LogP contribution >= 0.6 is 0 Å². The normalized spacial score (nSPS) is 17.3. The molecule has 0 aliphatic carbocycles. The van der Waals surface area contributed by atoms with Crippen molar-refractivity contribution < 1.29 is 22.3 Å². The van der Waals surface area contributed by atoms with Crippen molar-refractivity contribution in [3.8, 4) is 5.88 Å². The highest BCUT2D eigenvalue weighted by molar-refractivity contribution is 7.89. The smallest absolute Gasteiger partial charge is 0.253 e. The number of rotatable bonds is 5. The number of sulfonamides is 1. The average molecular weight is 393 g/mol. The van der Waals surface area contributed by atoms with E-state index in [1.807, 2.05) is 0 Å². The van der Waals surface area contributed by atoms with Crippen molar-refractivity contribution in [3.05, 3.63) is 54.0 Å². The van der Waals surface area contributed by atoms with Crippen LogP contribution in [0, 0.1) is 5.95 Å². The summed E-state index contributed by atoms with van der Waals surface area (Å²) in [5.74, 6) is -0.638. The largest absolute Gasteiger partial charge is 0.472 e. The van der Waals surface area contributed by atoms with Gasteiger partial charge < -0.3 is 9.64 Å². The molecule has 0 radical (unpaired) electrons. The summed E-state index contributed by atoms with van der Waals surface area (Å²) in [6, 6.07) is 10.2. The Morgan fingerprint density at radius 3 is 2.56 bits per heavy atom. The zero-order chi connectivity index (χ0) is 19.6. The van der Waals surface area contributed by atoms with Gasteiger partial charge in [-0.05, 0) is 30.3 Å². The molecule has 1 fully saturated rings. The van der Waals surface area contributed by atoms with Crippen molar-refractivity contribution in [1.82, 2.24) is 14.2 Å². The number of amides is 1. The summed E-state index contributed by atoms with van der Waals surface area (Å²) >= 11 is 0. The molecule has 0 bridgehead atoms. The van der Waals surface area contributed by atoms with Gasteiger partial charge in [0, 0.05) is 38.7 Å². The Kier molecular flexibility index (Phi) is 5.43. The molecular formula is C18H20FN3O4S. The quantitative estimate of drug-likeness (QED) is 0.724. The zero-order valence-corrected chi connectivity index (χ0v) is 15.8. The lowest BCUT2D eigenvalue weighted by molar-refractivity contribution is 0.0770. The molecule has 0 spiro atoms. The monoisotopic (exact) mass is 393 g/mol. The number of hydrogen-bond donors (Lipinski definition) is 0. The number of benzene rings is 1. The molecule has 1 amide bonds. The summed E-state index contributed by atoms with van der Waals surface area (Å²) in [5.41, 5.74) is 0.400. The van der Waals surface area contributed by atoms with Gasteiger partial charge in [0.25, 0.3) is 5.91 Å². The minimum absolute atomic E-state index is 0.129. The Hall–Kier alpha value is -2.52. The van der Waals surface area contributed by atoms with E-state index < -0.39 is 16.0 Å². The molecule has 1 atom stereocenters. The highest BCUT2D eigenvalue weighted by atomic mass is 32.2. The second-order valence-electron chi connectivity index (χ2n) is 6.39. The maximum absolute atomic E-state index is 13.1. The van der Waals surface area contributed by atoms with Crippen LogP contribution in [0.2, 0.25) is 0 Å². The Morgan fingerprint density at radius 2 is 1.93 bits per heavy atom. The highest BCUT2D eigenvalue weighted by Gasteiger charge is 2.29. The van der Waals surface area contributed by atoms with E-state index in [9.17, 15) is 17.6 Å². The third-order valence-electron chi connectivity index (χ3n) is 4.29. The van der Waals surface area contributed by atoms with E-state index in [0.717, 1.165) is 4.31 Å². The number of halogens is 1. The van der Waals surface area contributed by atoms with Crippen LogP contribution in [-0.4, -0.2) is 61.8 Å². The van der Waals surface area contributed by atoms with Crippen molar-refractivity contribution in [2.45, 2.75) is 17.4 Å². The van der Waals surface area contributed by atoms with Crippen molar-refractivity contribution in [1.29, 1.82) is 0 Å². The molecule has 9 heteroatoms. The summed E-state index contributed by atoms with van der Waals surface area (Å²) < 4.78 is 44.1. The predicted molar refractivity (Wildman–Crippen MR) is 96.4 cm³/mol. The molecule has 1 aromatic heterocycles. The van der Waals surface area contributed by atoms with Crippen LogP contribution in [0.4, 0.5) is 4.39 Å². The molecule has 1 saturated heterocycles. The van der Waals surface area contributed by atoms with Crippen molar-refractivity contribution in [2.24, 2.45) is 0 Å². The Morgan fingerprint density at radius 1 is 1.22 bits per heavy atom. The number of ether oxygens (including phenoxy) is 1. The number of carbonyl (C=O) groups excluding carboxylic acids is 1. The van der Waals surface area contributed by atoms with Gasteiger partial charge in [0.1, 0.15) is 6.10 Å². The summed E-state index contributed by atoms with van der Waals surface area (Å²) in [7, 11) is -0.633. The molecule has 1 aliphatic heterocycles. The lowest BCUT2D eigenvalue weighted by atomic mass is 10.2. The second kappa shape index (κ2) is 7.61. The van der Waals surface area contributed by atoms with E-state index in [1.54, 1.807) is 11.0 Å². The van der Waals surface area contributed by atoms with Crippen molar-refractivity contribution >= 4 is 15.9 Å². The lowest BCUT2D eigenvalue weighted by Crippen LogP contribution is -2.31. The van der Waals surface area contributed by atoms with Crippen molar-refractivity contribution in [2.75, 3.05) is 27.2 Å². The third kappa shape index (κ3) is 4.25. The van der Waals surface area contributed by atoms with Crippen LogP contribution in [-0.2, 0) is 10.0 Å². The fourth-order valence-electron chi connectivity index (χ4n) is 2.80. The summed E-state index contributed by atoms with van der Waals surface area (Å²) in [4.78, 5) is 18.0. The van der Waals surface area contributed by atoms with Gasteiger partial charge in [-0.15, -0.1) is 0 Å². The number of pyridine rings is 1. The van der Waals surface area contributed by atoms with Gasteiger partial charge in [0.2, 0.25) is 21.9 Å². The molecule has 27 heavy (non-hydrogen) atoms. The minimum Gasteiger partial charge on any atom is -0.472 e. The van der Waals surface area contributed by atoms with Gasteiger partial charge in [0.15, 0.2) is 0 Å². The first kappa shape index (κ1) is 19.2. The van der Waals surface area contributed by atoms with E-state index in [2.05, 4.69) is 4.98 Å². The Bertz CT molecular complexity index is 932. The van der Waals surface area contributed by atoms with Gasteiger partial charge in [-0.3, -0.25) is 4.79 Å². The SMILES string of the molecule is CN(C)S(=O)(=O)c1ccc(C(=O)N2CCC(Oc3cccc(F)n3)C2)cc1. The summed E-state index contributed by atoms with van der Waals surface area (Å²) in [6.45, 7) is 0.853. The lowest BCUT2D eigenvalue weighted by Gasteiger charge is -2.17. The van der Waals surface area contributed by atoms with Gasteiger partial charge in [-0.25, -0.2) is 12.7 Å². The van der Waals surface area contributed by atoms with Crippen LogP contribution in [0.1, 0.15) is 16.8 Å². The van der Waals surface area contributed by atoms with Crippen LogP contribution in [0.5, 0.6) is 5.88 Å². The highest BCUT2D eigenvalue weighted by Crippen LogP contribution is 2.20. The van der Waals surface area contributed by atoms with Crippen LogP contribution in [0.25, 0.3) is 0 Å². The van der Waals surface area contributed by atoms with E-state index in [-0.39, 0.29) is 22.8 Å². The van der Waals surface area contributed by atoms with Crippen molar-refractivity contribution in [3.63, 3.8) is 0 Å². The minimum atomic E-state index is -3.53. The number of nitrogens with zero attached hydrogens (tertiary/aromatic N) is 3. The molecule has 144 valence electrons. The van der Waals surface area contributed by atoms with E-state index in [4.69, 9.17) is 4.74 Å². The van der Waals surface area contributed by atoms with E-state index in [1.165, 1.54) is 50.5 Å². The van der Waals surface area contributed by atoms with E-state index in [0.29, 0.717) is 25.1 Å². The Balaban J connectivity index is 1.65. The standard InChI is InChI=1S/C18H20FN3O4S/c1-21(2)27(24,25)15-8-6-13(7-9-15)18(23)22-11-10-14(12-22)26-17-5-3-4-16(19)20-17/h3-9,14H,10-12H2,1-2H3. The zero-order valence-electron chi connectivity index (χ0n) is 15.0. The van der Waals surface area contributed by atoms with Gasteiger partial charge in [-0.1, -0.05) is 6.07 Å². The molecule has 1 unspecified atom stereocenters. The predicted octanol–water partition coefficient (Wildman–Crippen LogP) is 1.76. The molecule has 2 aromatic rings. The first-order chi connectivity index (χ1) is 12.8. The molecule has 0 saturated carbocycles. The van der Waals surface area contributed by atoms with Crippen LogP contribution < -0.4 is 4.74 Å². The fraction of sp³-hybridized carbons (Fsp3) is 0.333. The molecule has 0 N–H and O–H groups in total. The van der Waals surface area contributed by atoms with Gasteiger partial charge in [-0.2, -0.15) is 9.37 Å². The van der Waals surface area contributed by atoms with Gasteiger partial charge in [0.05, 0.1) is 11.4 Å². The fourth-order valence-corrected chi connectivity index (χ4v) is 3.70. The van der Waals surface area contributed by atoms with Crippen LogP contribution in [0.3, 0.4) is 0 Å². The summed E-state index contributed by atoms with van der Waals surface area (Å²) in [6.07, 6.45) is 0.341. The first-order valence-electron chi connectivity index (χ1n) is 8.38. The van der Waals surface area contributed by atoms with E-state index >= 15 is 0 Å². The molecule has 1 aliphatic rings. The molecular weight excluding hydrogens is 373 g/mol. The first-order valence-corrected chi connectivity index (χ1v) is 9.82. The number of carbonyl (C=O) groups is 1. The molecule has 3 rings (SSSR count). The number of hydrogen-bond acceptors (Lipinski definition) is 5. The molecule has 2 heterocycles. The maximum atomic E-state index is 13.1. The average Bonchev–Trinajstić information content (AvgIpc) is 3.09. The number of likely N-dealkylation sites (tertiary alicyclic amines) is 1. The molecule has 1 aromatic carbocycles. The van der Waals surface area contributed by atoms with Gasteiger partial charge >= 0.3 is 0 Å². The molecule has 7 nitrogen and oxygen atoms in total. The second-order valence-corrected chi connectivity index (χ2v) is 8.54. The number of aromatic nitrogens is 1. The topological polar surface area (TPSA) is 79.8 Å². The maximum Gasteiger partial charge on any atom is 0.253 e. The van der Waals surface area contributed by atoms with Crippen LogP contribution in [0.15, 0.2) is 47.4 Å². The Labute approximate surface area is 157 Å². The summed E-state index contributed by atoms with van der Waals surface area (Å²) in [5, 5.41) is 0. The third-order valence-corrected chi connectivity index (χ3v) is 6.12.